The minimum atomic E-state index is -0.478. The van der Waals surface area contributed by atoms with E-state index in [1.807, 2.05) is 0 Å². The summed E-state index contributed by atoms with van der Waals surface area (Å²) >= 11 is 3.25. The van der Waals surface area contributed by atoms with Crippen molar-refractivity contribution >= 4 is 21.9 Å². The van der Waals surface area contributed by atoms with Crippen molar-refractivity contribution in [2.75, 3.05) is 7.11 Å². The maximum atomic E-state index is 11.9. The minimum absolute atomic E-state index is 0.371. The highest BCUT2D eigenvalue weighted by molar-refractivity contribution is 9.10. The van der Waals surface area contributed by atoms with Gasteiger partial charge in [-0.05, 0) is 34.1 Å². The summed E-state index contributed by atoms with van der Waals surface area (Å²) in [7, 11) is 1.52. The molecule has 5 heteroatoms. The Morgan fingerprint density at radius 1 is 1.22 bits per heavy atom. The number of methoxy groups -OCH3 is 1. The Balaban J connectivity index is 2.21. The first kappa shape index (κ1) is 12.6. The molecule has 0 atom stereocenters. The highest BCUT2D eigenvalue weighted by Gasteiger charge is 2.12. The number of esters is 1. The fraction of sp³-hybridized carbons (Fsp3) is 0.0769. The molecule has 1 aromatic heterocycles. The van der Waals surface area contributed by atoms with Crippen LogP contribution in [-0.4, -0.2) is 18.1 Å². The van der Waals surface area contributed by atoms with E-state index in [1.54, 1.807) is 36.5 Å². The molecule has 92 valence electrons. The fourth-order valence-electron chi connectivity index (χ4n) is 1.39. The fourth-order valence-corrected chi connectivity index (χ4v) is 1.75. The molecule has 0 aliphatic rings. The molecule has 0 saturated carbocycles. The van der Waals surface area contributed by atoms with Gasteiger partial charge in [0.1, 0.15) is 0 Å². The molecule has 0 fully saturated rings. The summed E-state index contributed by atoms with van der Waals surface area (Å²) < 4.78 is 11.1. The van der Waals surface area contributed by atoms with Gasteiger partial charge in [-0.2, -0.15) is 0 Å². The molecule has 18 heavy (non-hydrogen) atoms. The third-order valence-electron chi connectivity index (χ3n) is 2.21. The lowest BCUT2D eigenvalue weighted by Crippen LogP contribution is -2.09. The van der Waals surface area contributed by atoms with Gasteiger partial charge in [-0.1, -0.05) is 12.1 Å². The van der Waals surface area contributed by atoms with Crippen LogP contribution in [0.15, 0.2) is 47.2 Å². The molecule has 2 rings (SSSR count). The van der Waals surface area contributed by atoms with Crippen molar-refractivity contribution in [3.05, 3.63) is 52.8 Å². The summed E-state index contributed by atoms with van der Waals surface area (Å²) in [5.74, 6) is 0.409. The summed E-state index contributed by atoms with van der Waals surface area (Å²) in [6, 6.07) is 8.61. The average Bonchev–Trinajstić information content (AvgIpc) is 2.39. The van der Waals surface area contributed by atoms with E-state index < -0.39 is 5.97 Å². The number of benzene rings is 1. The number of para-hydroxylation sites is 2. The van der Waals surface area contributed by atoms with E-state index in [9.17, 15) is 4.79 Å². The van der Waals surface area contributed by atoms with E-state index in [1.165, 1.54) is 13.3 Å². The number of halogens is 1. The minimum Gasteiger partial charge on any atom is -0.493 e. The highest BCUT2D eigenvalue weighted by Crippen LogP contribution is 2.26. The van der Waals surface area contributed by atoms with E-state index in [0.29, 0.717) is 17.1 Å². The van der Waals surface area contributed by atoms with Crippen LogP contribution in [0.4, 0.5) is 0 Å². The topological polar surface area (TPSA) is 48.4 Å². The molecule has 1 heterocycles. The first-order valence-corrected chi connectivity index (χ1v) is 5.96. The summed E-state index contributed by atoms with van der Waals surface area (Å²) in [6.07, 6.45) is 3.04. The average molecular weight is 308 g/mol. The number of aromatic nitrogens is 1. The molecular weight excluding hydrogens is 298 g/mol. The molecule has 0 spiro atoms. The van der Waals surface area contributed by atoms with Crippen molar-refractivity contribution < 1.29 is 14.3 Å². The molecule has 0 N–H and O–H groups in total. The molecule has 0 aliphatic carbocycles. The van der Waals surface area contributed by atoms with Crippen LogP contribution in [0, 0.1) is 0 Å². The van der Waals surface area contributed by atoms with Crippen LogP contribution >= 0.6 is 15.9 Å². The number of rotatable bonds is 3. The van der Waals surface area contributed by atoms with Gasteiger partial charge in [-0.15, -0.1) is 0 Å². The van der Waals surface area contributed by atoms with Crippen LogP contribution in [0.5, 0.6) is 11.5 Å². The van der Waals surface area contributed by atoms with Gasteiger partial charge in [-0.25, -0.2) is 4.79 Å². The van der Waals surface area contributed by atoms with Crippen molar-refractivity contribution in [2.24, 2.45) is 0 Å². The summed E-state index contributed by atoms with van der Waals surface area (Å²) in [6.45, 7) is 0. The molecule has 0 radical (unpaired) electrons. The summed E-state index contributed by atoms with van der Waals surface area (Å²) in [5.41, 5.74) is 0.371. The van der Waals surface area contributed by atoms with Gasteiger partial charge in [0.05, 0.1) is 12.7 Å². The molecule has 1 aromatic carbocycles. The van der Waals surface area contributed by atoms with Crippen molar-refractivity contribution in [2.45, 2.75) is 0 Å². The number of ether oxygens (including phenoxy) is 2. The van der Waals surface area contributed by atoms with Crippen LogP contribution in [0.1, 0.15) is 10.4 Å². The standard InChI is InChI=1S/C13H10BrNO3/c1-17-11-4-2-3-5-12(11)18-13(16)9-6-10(14)8-15-7-9/h2-8H,1H3. The van der Waals surface area contributed by atoms with Crippen molar-refractivity contribution in [3.8, 4) is 11.5 Å². The van der Waals surface area contributed by atoms with Crippen LogP contribution < -0.4 is 9.47 Å². The van der Waals surface area contributed by atoms with E-state index in [2.05, 4.69) is 20.9 Å². The summed E-state index contributed by atoms with van der Waals surface area (Å²) in [5, 5.41) is 0. The maximum Gasteiger partial charge on any atom is 0.345 e. The van der Waals surface area contributed by atoms with Crippen LogP contribution in [0.25, 0.3) is 0 Å². The highest BCUT2D eigenvalue weighted by atomic mass is 79.9. The number of hydrogen-bond acceptors (Lipinski definition) is 4. The zero-order chi connectivity index (χ0) is 13.0. The molecule has 0 bridgehead atoms. The van der Waals surface area contributed by atoms with E-state index in [-0.39, 0.29) is 0 Å². The van der Waals surface area contributed by atoms with Gasteiger partial charge < -0.3 is 9.47 Å². The Hall–Kier alpha value is -1.88. The molecule has 4 nitrogen and oxygen atoms in total. The van der Waals surface area contributed by atoms with Gasteiger partial charge in [0.2, 0.25) is 0 Å². The SMILES string of the molecule is COc1ccccc1OC(=O)c1cncc(Br)c1. The van der Waals surface area contributed by atoms with Crippen molar-refractivity contribution in [1.82, 2.24) is 4.98 Å². The van der Waals surface area contributed by atoms with E-state index in [4.69, 9.17) is 9.47 Å². The van der Waals surface area contributed by atoms with Gasteiger partial charge in [0.25, 0.3) is 0 Å². The number of carbonyl (C=O) groups excluding carboxylic acids is 1. The van der Waals surface area contributed by atoms with Crippen molar-refractivity contribution in [1.29, 1.82) is 0 Å². The van der Waals surface area contributed by atoms with Gasteiger partial charge in [-0.3, -0.25) is 4.98 Å². The van der Waals surface area contributed by atoms with E-state index in [0.717, 1.165) is 4.47 Å². The molecule has 2 aromatic rings. The first-order valence-electron chi connectivity index (χ1n) is 5.16. The monoisotopic (exact) mass is 307 g/mol. The lowest BCUT2D eigenvalue weighted by Gasteiger charge is -2.08. The molecule has 0 amide bonds. The van der Waals surface area contributed by atoms with Crippen LogP contribution in [0.2, 0.25) is 0 Å². The summed E-state index contributed by atoms with van der Waals surface area (Å²) in [4.78, 5) is 15.8. The van der Waals surface area contributed by atoms with Crippen LogP contribution in [0.3, 0.4) is 0 Å². The molecular formula is C13H10BrNO3. The van der Waals surface area contributed by atoms with E-state index >= 15 is 0 Å². The molecule has 0 saturated heterocycles. The second-order valence-corrected chi connectivity index (χ2v) is 4.35. The van der Waals surface area contributed by atoms with Gasteiger partial charge in [0, 0.05) is 16.9 Å². The predicted molar refractivity (Wildman–Crippen MR) is 69.9 cm³/mol. The number of pyridine rings is 1. The second-order valence-electron chi connectivity index (χ2n) is 3.43. The Morgan fingerprint density at radius 3 is 2.61 bits per heavy atom. The maximum absolute atomic E-state index is 11.9. The Morgan fingerprint density at radius 2 is 1.94 bits per heavy atom. The Labute approximate surface area is 113 Å². The zero-order valence-corrected chi connectivity index (χ0v) is 11.2. The quantitative estimate of drug-likeness (QED) is 0.646. The zero-order valence-electron chi connectivity index (χ0n) is 9.59. The number of nitrogens with zero attached hydrogens (tertiary/aromatic N) is 1. The lowest BCUT2D eigenvalue weighted by molar-refractivity contribution is 0.0729. The number of carbonyl (C=O) groups is 1. The lowest BCUT2D eigenvalue weighted by atomic mass is 10.3. The Kier molecular flexibility index (Phi) is 3.94. The van der Waals surface area contributed by atoms with Gasteiger partial charge >= 0.3 is 5.97 Å². The first-order chi connectivity index (χ1) is 8.70. The predicted octanol–water partition coefficient (Wildman–Crippen LogP) is 3.07. The second kappa shape index (κ2) is 5.64. The Bertz CT molecular complexity index is 572. The smallest absolute Gasteiger partial charge is 0.345 e. The van der Waals surface area contributed by atoms with Gasteiger partial charge in [0.15, 0.2) is 11.5 Å². The normalized spacial score (nSPS) is 9.89. The van der Waals surface area contributed by atoms with Crippen molar-refractivity contribution in [3.63, 3.8) is 0 Å². The molecule has 0 aliphatic heterocycles. The third-order valence-corrected chi connectivity index (χ3v) is 2.65. The largest absolute Gasteiger partial charge is 0.493 e. The third kappa shape index (κ3) is 2.87. The van der Waals surface area contributed by atoms with Crippen LogP contribution in [-0.2, 0) is 0 Å². The number of hydrogen-bond donors (Lipinski definition) is 0. The molecule has 0 unspecified atom stereocenters.